The number of aromatic hydroxyl groups is 1. The van der Waals surface area contributed by atoms with Crippen LogP contribution in [0.3, 0.4) is 0 Å². The minimum Gasteiger partial charge on any atom is -0.508 e. The average Bonchev–Trinajstić information content (AvgIpc) is 3.01. The molecule has 40 heavy (non-hydrogen) atoms. The maximum atomic E-state index is 13.0. The fourth-order valence-electron chi connectivity index (χ4n) is 4.11. The Morgan fingerprint density at radius 2 is 0.675 bits per heavy atom. The Kier molecular flexibility index (Phi) is 7.51. The maximum absolute atomic E-state index is 13.0. The van der Waals surface area contributed by atoms with Gasteiger partial charge in [-0.05, 0) is 97.1 Å². The second-order valence-electron chi connectivity index (χ2n) is 8.99. The van der Waals surface area contributed by atoms with E-state index in [-0.39, 0.29) is 23.1 Å². The second-order valence-corrected chi connectivity index (χ2v) is 8.99. The number of benzene rings is 5. The average molecular weight is 529 g/mol. The Labute approximate surface area is 231 Å². The monoisotopic (exact) mass is 528 g/mol. The van der Waals surface area contributed by atoms with Crippen LogP contribution in [0.25, 0.3) is 0 Å². The molecule has 6 heteroatoms. The summed E-state index contributed by atoms with van der Waals surface area (Å²) >= 11 is 0. The van der Waals surface area contributed by atoms with E-state index in [1.165, 1.54) is 12.1 Å². The number of hydrogen-bond donors (Lipinski definition) is 1. The number of ketones is 3. The van der Waals surface area contributed by atoms with E-state index in [1.54, 1.807) is 116 Å². The van der Waals surface area contributed by atoms with Gasteiger partial charge in [-0.25, -0.2) is 0 Å². The summed E-state index contributed by atoms with van der Waals surface area (Å²) in [5.74, 6) is 1.38. The molecule has 0 amide bonds. The van der Waals surface area contributed by atoms with Gasteiger partial charge in [-0.2, -0.15) is 0 Å². The zero-order valence-corrected chi connectivity index (χ0v) is 21.5. The summed E-state index contributed by atoms with van der Waals surface area (Å²) in [7, 11) is 1.57. The van der Waals surface area contributed by atoms with E-state index in [4.69, 9.17) is 9.47 Å². The molecule has 0 atom stereocenters. The highest BCUT2D eigenvalue weighted by molar-refractivity contribution is 6.12. The van der Waals surface area contributed by atoms with Crippen molar-refractivity contribution in [3.05, 3.63) is 155 Å². The lowest BCUT2D eigenvalue weighted by molar-refractivity contribution is 0.102. The second kappa shape index (κ2) is 11.5. The first-order chi connectivity index (χ1) is 19.4. The van der Waals surface area contributed by atoms with Gasteiger partial charge in [0.1, 0.15) is 23.0 Å². The largest absolute Gasteiger partial charge is 0.508 e. The number of carbonyl (C=O) groups excluding carboxylic acids is 3. The van der Waals surface area contributed by atoms with Crippen molar-refractivity contribution in [2.45, 2.75) is 0 Å². The van der Waals surface area contributed by atoms with Crippen molar-refractivity contribution < 1.29 is 29.0 Å². The number of phenolic OH excluding ortho intramolecular Hbond substituents is 1. The van der Waals surface area contributed by atoms with E-state index in [0.29, 0.717) is 50.6 Å². The first kappa shape index (κ1) is 26.1. The van der Waals surface area contributed by atoms with E-state index in [1.807, 2.05) is 0 Å². The number of carbonyl (C=O) groups is 3. The molecular weight excluding hydrogens is 504 g/mol. The lowest BCUT2D eigenvalue weighted by Crippen LogP contribution is -2.04. The van der Waals surface area contributed by atoms with Crippen LogP contribution >= 0.6 is 0 Å². The fourth-order valence-corrected chi connectivity index (χ4v) is 4.11. The molecule has 0 bridgehead atoms. The molecule has 0 fully saturated rings. The molecular formula is C34H24O6. The molecule has 0 radical (unpaired) electrons. The molecule has 0 saturated carbocycles. The Bertz CT molecular complexity index is 1650. The van der Waals surface area contributed by atoms with Gasteiger partial charge in [0.05, 0.1) is 7.11 Å². The van der Waals surface area contributed by atoms with Crippen molar-refractivity contribution in [1.82, 2.24) is 0 Å². The zero-order chi connectivity index (χ0) is 28.1. The first-order valence-corrected chi connectivity index (χ1v) is 12.5. The van der Waals surface area contributed by atoms with Crippen LogP contribution in [0.2, 0.25) is 0 Å². The van der Waals surface area contributed by atoms with Gasteiger partial charge in [0.15, 0.2) is 17.3 Å². The SMILES string of the molecule is COc1ccc(C(=O)c2ccc(C(=O)c3ccc(Oc4ccc(C(=O)c5ccc(O)cc5)cc4)cc3)cc2)cc1. The van der Waals surface area contributed by atoms with Crippen LogP contribution in [-0.2, 0) is 0 Å². The molecule has 5 aromatic carbocycles. The van der Waals surface area contributed by atoms with E-state index < -0.39 is 0 Å². The number of rotatable bonds is 9. The van der Waals surface area contributed by atoms with Gasteiger partial charge in [-0.3, -0.25) is 14.4 Å². The van der Waals surface area contributed by atoms with E-state index in [9.17, 15) is 19.5 Å². The molecule has 5 rings (SSSR count). The topological polar surface area (TPSA) is 89.9 Å². The third-order valence-corrected chi connectivity index (χ3v) is 6.36. The van der Waals surface area contributed by atoms with Crippen LogP contribution in [0.5, 0.6) is 23.0 Å². The summed E-state index contributed by atoms with van der Waals surface area (Å²) in [4.78, 5) is 38.3. The summed E-state index contributed by atoms with van der Waals surface area (Å²) in [5.41, 5.74) is 2.95. The minimum absolute atomic E-state index is 0.100. The molecule has 0 saturated heterocycles. The zero-order valence-electron chi connectivity index (χ0n) is 21.5. The van der Waals surface area contributed by atoms with Crippen molar-refractivity contribution in [2.24, 2.45) is 0 Å². The van der Waals surface area contributed by atoms with E-state index in [2.05, 4.69) is 0 Å². The summed E-state index contributed by atoms with van der Waals surface area (Å²) < 4.78 is 11.0. The highest BCUT2D eigenvalue weighted by atomic mass is 16.5. The third-order valence-electron chi connectivity index (χ3n) is 6.36. The fraction of sp³-hybridized carbons (Fsp3) is 0.0294. The van der Waals surface area contributed by atoms with Gasteiger partial charge >= 0.3 is 0 Å². The smallest absolute Gasteiger partial charge is 0.193 e. The highest BCUT2D eigenvalue weighted by Crippen LogP contribution is 2.24. The standard InChI is InChI=1S/C34H24O6/c1-39-29-16-8-25(9-17-29)32(36)22-2-4-23(5-3-22)33(37)26-10-18-30(19-11-26)40-31-20-12-27(13-21-31)34(38)24-6-14-28(35)15-7-24/h2-21,35H,1H3. The van der Waals surface area contributed by atoms with Gasteiger partial charge in [0.2, 0.25) is 0 Å². The van der Waals surface area contributed by atoms with Gasteiger partial charge in [-0.15, -0.1) is 0 Å². The molecule has 1 N–H and O–H groups in total. The van der Waals surface area contributed by atoms with Crippen molar-refractivity contribution in [3.63, 3.8) is 0 Å². The van der Waals surface area contributed by atoms with Gasteiger partial charge in [-0.1, -0.05) is 24.3 Å². The predicted octanol–water partition coefficient (Wildman–Crippen LogP) is 6.89. The summed E-state index contributed by atoms with van der Waals surface area (Å²) in [6, 6.07) is 33.0. The van der Waals surface area contributed by atoms with E-state index >= 15 is 0 Å². The molecule has 0 aliphatic heterocycles. The predicted molar refractivity (Wildman–Crippen MR) is 151 cm³/mol. The third kappa shape index (κ3) is 5.81. The summed E-state index contributed by atoms with van der Waals surface area (Å²) in [5, 5.41) is 9.41. The molecule has 0 unspecified atom stereocenters. The lowest BCUT2D eigenvalue weighted by Gasteiger charge is -2.08. The summed E-state index contributed by atoms with van der Waals surface area (Å²) in [6.45, 7) is 0. The van der Waals surface area contributed by atoms with Crippen molar-refractivity contribution >= 4 is 17.3 Å². The van der Waals surface area contributed by atoms with Crippen LogP contribution in [0.15, 0.2) is 121 Å². The number of phenols is 1. The molecule has 196 valence electrons. The normalized spacial score (nSPS) is 10.5. The molecule has 6 nitrogen and oxygen atoms in total. The molecule has 0 spiro atoms. The Hall–Kier alpha value is -5.49. The summed E-state index contributed by atoms with van der Waals surface area (Å²) in [6.07, 6.45) is 0. The van der Waals surface area contributed by atoms with Crippen LogP contribution in [-0.4, -0.2) is 29.6 Å². The van der Waals surface area contributed by atoms with Crippen molar-refractivity contribution in [1.29, 1.82) is 0 Å². The van der Waals surface area contributed by atoms with E-state index in [0.717, 1.165) is 0 Å². The number of ether oxygens (including phenoxy) is 2. The molecule has 0 aliphatic carbocycles. The van der Waals surface area contributed by atoms with Crippen molar-refractivity contribution in [3.8, 4) is 23.0 Å². The van der Waals surface area contributed by atoms with Crippen LogP contribution < -0.4 is 9.47 Å². The first-order valence-electron chi connectivity index (χ1n) is 12.5. The maximum Gasteiger partial charge on any atom is 0.193 e. The molecule has 0 heterocycles. The molecule has 0 aliphatic rings. The van der Waals surface area contributed by atoms with Crippen LogP contribution in [0.1, 0.15) is 47.8 Å². The number of hydrogen-bond acceptors (Lipinski definition) is 6. The van der Waals surface area contributed by atoms with Crippen LogP contribution in [0, 0.1) is 0 Å². The Morgan fingerprint density at radius 3 is 0.975 bits per heavy atom. The van der Waals surface area contributed by atoms with Gasteiger partial charge in [0.25, 0.3) is 0 Å². The van der Waals surface area contributed by atoms with Gasteiger partial charge in [0, 0.05) is 33.4 Å². The number of methoxy groups -OCH3 is 1. The van der Waals surface area contributed by atoms with Crippen LogP contribution in [0.4, 0.5) is 0 Å². The Morgan fingerprint density at radius 1 is 0.425 bits per heavy atom. The highest BCUT2D eigenvalue weighted by Gasteiger charge is 2.14. The lowest BCUT2D eigenvalue weighted by atomic mass is 9.98. The van der Waals surface area contributed by atoms with Gasteiger partial charge < -0.3 is 14.6 Å². The Balaban J connectivity index is 1.21. The molecule has 5 aromatic rings. The minimum atomic E-state index is -0.174. The quantitative estimate of drug-likeness (QED) is 0.210. The van der Waals surface area contributed by atoms with Crippen molar-refractivity contribution in [2.75, 3.05) is 7.11 Å². The molecule has 0 aromatic heterocycles.